The van der Waals surface area contributed by atoms with Gasteiger partial charge >= 0.3 is 18.4 Å². The standard InChI is InChI=1S/C21H20ClF6N3O/c1-3-18(2)12-31(17(32)29-15-8-6-13(7-9-15)20(23,24)25)30-16(18)19(21(26,27)28)10-4-5-14(22)11-19/h4-10H,3,11-12H2,1-2H3,(H,29,32). The lowest BCUT2D eigenvalue weighted by atomic mass is 9.66. The number of urea groups is 1. The Hall–Kier alpha value is -2.49. The summed E-state index contributed by atoms with van der Waals surface area (Å²) in [7, 11) is 0. The zero-order valence-electron chi connectivity index (χ0n) is 17.1. The van der Waals surface area contributed by atoms with Crippen LogP contribution in [0, 0.1) is 10.8 Å². The summed E-state index contributed by atoms with van der Waals surface area (Å²) in [4.78, 5) is 12.7. The highest BCUT2D eigenvalue weighted by Gasteiger charge is 2.62. The van der Waals surface area contributed by atoms with Crippen molar-refractivity contribution in [3.8, 4) is 0 Å². The molecule has 4 nitrogen and oxygen atoms in total. The second-order valence-corrected chi connectivity index (χ2v) is 8.53. The van der Waals surface area contributed by atoms with Crippen molar-refractivity contribution in [1.29, 1.82) is 0 Å². The monoisotopic (exact) mass is 479 g/mol. The van der Waals surface area contributed by atoms with Crippen LogP contribution >= 0.6 is 11.6 Å². The number of nitrogens with zero attached hydrogens (tertiary/aromatic N) is 2. The molecule has 0 radical (unpaired) electrons. The zero-order chi connectivity index (χ0) is 23.9. The van der Waals surface area contributed by atoms with Crippen LogP contribution in [-0.4, -0.2) is 29.5 Å². The van der Waals surface area contributed by atoms with Gasteiger partial charge in [0.2, 0.25) is 0 Å². The molecule has 1 aliphatic carbocycles. The highest BCUT2D eigenvalue weighted by molar-refractivity contribution is 6.30. The van der Waals surface area contributed by atoms with E-state index in [1.165, 1.54) is 12.2 Å². The smallest absolute Gasteiger partial charge is 0.306 e. The van der Waals surface area contributed by atoms with E-state index in [4.69, 9.17) is 11.6 Å². The van der Waals surface area contributed by atoms with Gasteiger partial charge in [-0.1, -0.05) is 37.6 Å². The number of allylic oxidation sites excluding steroid dienone is 4. The van der Waals surface area contributed by atoms with E-state index < -0.39 is 41.2 Å². The molecule has 1 aromatic carbocycles. The van der Waals surface area contributed by atoms with Crippen LogP contribution in [0.5, 0.6) is 0 Å². The fourth-order valence-electron chi connectivity index (χ4n) is 3.83. The van der Waals surface area contributed by atoms with E-state index in [-0.39, 0.29) is 29.4 Å². The Bertz CT molecular complexity index is 983. The fourth-order valence-corrected chi connectivity index (χ4v) is 4.11. The summed E-state index contributed by atoms with van der Waals surface area (Å²) in [5, 5.41) is 7.34. The predicted octanol–water partition coefficient (Wildman–Crippen LogP) is 6.96. The highest BCUT2D eigenvalue weighted by Crippen LogP contribution is 2.53. The summed E-state index contributed by atoms with van der Waals surface area (Å²) in [6.45, 7) is 3.16. The molecule has 1 aliphatic heterocycles. The molecule has 2 aliphatic rings. The summed E-state index contributed by atoms with van der Waals surface area (Å²) in [5.74, 6) is 0. The predicted molar refractivity (Wildman–Crippen MR) is 109 cm³/mol. The van der Waals surface area contributed by atoms with Crippen molar-refractivity contribution in [2.24, 2.45) is 15.9 Å². The van der Waals surface area contributed by atoms with Gasteiger partial charge in [0.15, 0.2) is 0 Å². The molecule has 32 heavy (non-hydrogen) atoms. The van der Waals surface area contributed by atoms with Crippen LogP contribution in [-0.2, 0) is 6.18 Å². The van der Waals surface area contributed by atoms with Crippen molar-refractivity contribution in [2.75, 3.05) is 11.9 Å². The molecule has 2 unspecified atom stereocenters. The van der Waals surface area contributed by atoms with E-state index >= 15 is 0 Å². The van der Waals surface area contributed by atoms with Crippen molar-refractivity contribution in [3.63, 3.8) is 0 Å². The number of hydrogen-bond donors (Lipinski definition) is 1. The Labute approximate surface area is 185 Å². The number of rotatable bonds is 3. The van der Waals surface area contributed by atoms with E-state index in [2.05, 4.69) is 10.4 Å². The molecule has 174 valence electrons. The van der Waals surface area contributed by atoms with E-state index in [0.717, 1.165) is 35.4 Å². The molecule has 3 rings (SSSR count). The van der Waals surface area contributed by atoms with Crippen molar-refractivity contribution in [2.45, 2.75) is 39.0 Å². The number of halogens is 7. The topological polar surface area (TPSA) is 44.7 Å². The maximum Gasteiger partial charge on any atom is 0.416 e. The molecular formula is C21H20ClF6N3O. The number of hydrogen-bond acceptors (Lipinski definition) is 2. The molecule has 2 atom stereocenters. The van der Waals surface area contributed by atoms with Gasteiger partial charge in [0, 0.05) is 22.6 Å². The number of alkyl halides is 6. The zero-order valence-corrected chi connectivity index (χ0v) is 17.9. The minimum Gasteiger partial charge on any atom is -0.306 e. The second kappa shape index (κ2) is 8.13. The van der Waals surface area contributed by atoms with Gasteiger partial charge in [-0.25, -0.2) is 9.80 Å². The molecule has 11 heteroatoms. The number of hydrazone groups is 1. The molecule has 1 heterocycles. The highest BCUT2D eigenvalue weighted by atomic mass is 35.5. The lowest BCUT2D eigenvalue weighted by Gasteiger charge is -2.40. The van der Waals surface area contributed by atoms with Gasteiger partial charge in [-0.3, -0.25) is 0 Å². The van der Waals surface area contributed by atoms with Gasteiger partial charge in [-0.05, 0) is 36.8 Å². The lowest BCUT2D eigenvalue weighted by molar-refractivity contribution is -0.183. The molecule has 0 saturated carbocycles. The third kappa shape index (κ3) is 4.37. The quantitative estimate of drug-likeness (QED) is 0.468. The van der Waals surface area contributed by atoms with Crippen LogP contribution < -0.4 is 5.32 Å². The molecule has 0 fully saturated rings. The van der Waals surface area contributed by atoms with E-state index in [1.807, 2.05) is 0 Å². The first-order valence-electron chi connectivity index (χ1n) is 9.68. The Morgan fingerprint density at radius 2 is 1.81 bits per heavy atom. The van der Waals surface area contributed by atoms with Crippen LogP contribution in [0.15, 0.2) is 52.6 Å². The summed E-state index contributed by atoms with van der Waals surface area (Å²) < 4.78 is 81.0. The number of nitrogens with one attached hydrogen (secondary N) is 1. The molecule has 1 N–H and O–H groups in total. The van der Waals surface area contributed by atoms with Crippen molar-refractivity contribution < 1.29 is 31.1 Å². The van der Waals surface area contributed by atoms with Crippen LogP contribution in [0.3, 0.4) is 0 Å². The third-order valence-corrected chi connectivity index (χ3v) is 6.06. The maximum absolute atomic E-state index is 14.3. The molecule has 0 aromatic heterocycles. The average Bonchev–Trinajstić information content (AvgIpc) is 3.05. The summed E-state index contributed by atoms with van der Waals surface area (Å²) >= 11 is 5.95. The minimum atomic E-state index is -4.72. The first-order chi connectivity index (χ1) is 14.7. The van der Waals surface area contributed by atoms with Crippen molar-refractivity contribution in [1.82, 2.24) is 5.01 Å². The van der Waals surface area contributed by atoms with Gasteiger partial charge in [0.25, 0.3) is 0 Å². The minimum absolute atomic E-state index is 0.0126. The molecule has 0 bridgehead atoms. The van der Waals surface area contributed by atoms with Gasteiger partial charge in [-0.15, -0.1) is 0 Å². The van der Waals surface area contributed by atoms with Crippen LogP contribution in [0.2, 0.25) is 0 Å². The van der Waals surface area contributed by atoms with Crippen molar-refractivity contribution >= 4 is 29.0 Å². The molecular weight excluding hydrogens is 460 g/mol. The Morgan fingerprint density at radius 3 is 2.31 bits per heavy atom. The molecule has 2 amide bonds. The van der Waals surface area contributed by atoms with Crippen LogP contribution in [0.4, 0.5) is 36.8 Å². The second-order valence-electron chi connectivity index (χ2n) is 8.04. The van der Waals surface area contributed by atoms with Crippen LogP contribution in [0.25, 0.3) is 0 Å². The SMILES string of the molecule is CCC1(C)CN(C(=O)Nc2ccc(C(F)(F)F)cc2)N=C1C1(C(F)(F)F)C=CC=C(Cl)C1. The van der Waals surface area contributed by atoms with E-state index in [9.17, 15) is 31.1 Å². The van der Waals surface area contributed by atoms with Gasteiger partial charge in [-0.2, -0.15) is 31.4 Å². The maximum atomic E-state index is 14.3. The number of carbonyl (C=O) groups excluding carboxylic acids is 1. The van der Waals surface area contributed by atoms with E-state index in [1.54, 1.807) is 13.8 Å². The number of benzene rings is 1. The van der Waals surface area contributed by atoms with Crippen molar-refractivity contribution in [3.05, 3.63) is 53.1 Å². The Morgan fingerprint density at radius 1 is 1.19 bits per heavy atom. The first kappa shape index (κ1) is 24.2. The van der Waals surface area contributed by atoms with Gasteiger partial charge in [0.1, 0.15) is 5.41 Å². The summed E-state index contributed by atoms with van der Waals surface area (Å²) in [6.07, 6.45) is -5.91. The van der Waals surface area contributed by atoms with E-state index in [0.29, 0.717) is 0 Å². The third-order valence-electron chi connectivity index (χ3n) is 5.80. The Balaban J connectivity index is 1.92. The number of anilines is 1. The molecule has 0 saturated heterocycles. The normalized spacial score (nSPS) is 26.1. The number of amides is 2. The average molecular weight is 480 g/mol. The fraction of sp³-hybridized carbons (Fsp3) is 0.429. The van der Waals surface area contributed by atoms with Crippen LogP contribution in [0.1, 0.15) is 32.3 Å². The Kier molecular flexibility index (Phi) is 6.14. The summed E-state index contributed by atoms with van der Waals surface area (Å²) in [6, 6.07) is 2.87. The lowest BCUT2D eigenvalue weighted by Crippen LogP contribution is -2.50. The first-order valence-corrected chi connectivity index (χ1v) is 10.1. The summed E-state index contributed by atoms with van der Waals surface area (Å²) in [5.41, 5.74) is -4.63. The van der Waals surface area contributed by atoms with Gasteiger partial charge < -0.3 is 5.32 Å². The largest absolute Gasteiger partial charge is 0.416 e. The molecule has 1 aromatic rings. The van der Waals surface area contributed by atoms with Gasteiger partial charge in [0.05, 0.1) is 17.8 Å². The number of carbonyl (C=O) groups is 1. The molecule has 0 spiro atoms.